The fourth-order valence-electron chi connectivity index (χ4n) is 1.53. The monoisotopic (exact) mass is 326 g/mol. The fraction of sp³-hybridized carbons (Fsp3) is 0.333. The Balaban J connectivity index is 2.83. The zero-order chi connectivity index (χ0) is 17.4. The average molecular weight is 326 g/mol. The van der Waals surface area contributed by atoms with E-state index in [1.165, 1.54) is 24.3 Å². The highest BCUT2D eigenvalue weighted by molar-refractivity contribution is 5.95. The molecule has 1 rings (SSSR count). The van der Waals surface area contributed by atoms with Crippen LogP contribution in [0.1, 0.15) is 5.56 Å². The number of amides is 1. The summed E-state index contributed by atoms with van der Waals surface area (Å²) in [4.78, 5) is 29.8. The maximum atomic E-state index is 12.9. The number of hydrogen-bond acceptors (Lipinski definition) is 5. The van der Waals surface area contributed by atoms with Crippen molar-refractivity contribution in [2.24, 2.45) is 0 Å². The van der Waals surface area contributed by atoms with Gasteiger partial charge in [0.1, 0.15) is 5.82 Å². The lowest BCUT2D eigenvalue weighted by Gasteiger charge is -2.21. The molecule has 126 valence electrons. The Morgan fingerprint density at radius 2 is 1.83 bits per heavy atom. The summed E-state index contributed by atoms with van der Waals surface area (Å²) in [5, 5.41) is 18.7. The van der Waals surface area contributed by atoms with E-state index in [1.807, 2.05) is 19.0 Å². The van der Waals surface area contributed by atoms with Gasteiger partial charge in [-0.1, -0.05) is 12.1 Å². The molecule has 0 saturated carbocycles. The third kappa shape index (κ3) is 6.90. The van der Waals surface area contributed by atoms with Crippen molar-refractivity contribution in [3.8, 4) is 0 Å². The summed E-state index contributed by atoms with van der Waals surface area (Å²) in [6.07, 6.45) is 0.557. The SMILES string of the molecule is CN(C)CCON(Cc1ccc(F)cc1)C(=O)/C=C(\O)C(=O)O. The van der Waals surface area contributed by atoms with Gasteiger partial charge in [0.2, 0.25) is 5.76 Å². The third-order valence-corrected chi connectivity index (χ3v) is 2.75. The first-order valence-corrected chi connectivity index (χ1v) is 6.77. The number of aliphatic hydroxyl groups excluding tert-OH is 1. The van der Waals surface area contributed by atoms with Gasteiger partial charge in [-0.05, 0) is 31.8 Å². The molecule has 0 bridgehead atoms. The molecule has 7 nitrogen and oxygen atoms in total. The second-order valence-corrected chi connectivity index (χ2v) is 4.97. The van der Waals surface area contributed by atoms with Crippen molar-refractivity contribution < 1.29 is 29.0 Å². The van der Waals surface area contributed by atoms with E-state index >= 15 is 0 Å². The van der Waals surface area contributed by atoms with E-state index in [1.54, 1.807) is 0 Å². The predicted octanol–water partition coefficient (Wildman–Crippen LogP) is 1.17. The average Bonchev–Trinajstić information content (AvgIpc) is 2.47. The number of carboxylic acid groups (broad SMARTS) is 1. The van der Waals surface area contributed by atoms with E-state index in [0.29, 0.717) is 18.2 Å². The minimum Gasteiger partial charge on any atom is -0.502 e. The molecule has 1 amide bonds. The number of aliphatic hydroxyl groups is 1. The molecule has 8 heteroatoms. The van der Waals surface area contributed by atoms with Crippen molar-refractivity contribution in [3.05, 3.63) is 47.5 Å². The van der Waals surface area contributed by atoms with Crippen LogP contribution in [0.15, 0.2) is 36.1 Å². The smallest absolute Gasteiger partial charge is 0.371 e. The Labute approximate surface area is 133 Å². The van der Waals surface area contributed by atoms with Crippen LogP contribution in [-0.2, 0) is 21.0 Å². The van der Waals surface area contributed by atoms with Crippen molar-refractivity contribution in [2.45, 2.75) is 6.54 Å². The van der Waals surface area contributed by atoms with Crippen LogP contribution in [0.2, 0.25) is 0 Å². The Kier molecular flexibility index (Phi) is 7.17. The zero-order valence-corrected chi connectivity index (χ0v) is 12.9. The van der Waals surface area contributed by atoms with Gasteiger partial charge in [-0.2, -0.15) is 0 Å². The standard InChI is InChI=1S/C15H19FN2O5/c1-17(2)7-8-23-18(14(20)9-13(19)15(21)22)10-11-3-5-12(16)6-4-11/h3-6,9,19H,7-8,10H2,1-2H3,(H,21,22)/b13-9-. The lowest BCUT2D eigenvalue weighted by molar-refractivity contribution is -0.186. The minimum atomic E-state index is -1.62. The van der Waals surface area contributed by atoms with E-state index in [-0.39, 0.29) is 13.2 Å². The molecule has 0 atom stereocenters. The van der Waals surface area contributed by atoms with Crippen LogP contribution in [0.3, 0.4) is 0 Å². The quantitative estimate of drug-likeness (QED) is 0.423. The molecular weight excluding hydrogens is 307 g/mol. The number of likely N-dealkylation sites (N-methyl/N-ethyl adjacent to an activating group) is 1. The minimum absolute atomic E-state index is 0.0179. The number of hydrogen-bond donors (Lipinski definition) is 2. The van der Waals surface area contributed by atoms with Gasteiger partial charge >= 0.3 is 5.97 Å². The molecule has 2 N–H and O–H groups in total. The van der Waals surface area contributed by atoms with Crippen LogP contribution < -0.4 is 0 Å². The Hall–Kier alpha value is -2.45. The van der Waals surface area contributed by atoms with E-state index in [4.69, 9.17) is 15.1 Å². The summed E-state index contributed by atoms with van der Waals surface area (Å²) in [7, 11) is 3.65. The number of nitrogens with zero attached hydrogens (tertiary/aromatic N) is 2. The number of carbonyl (C=O) groups is 2. The first kappa shape index (κ1) is 18.6. The summed E-state index contributed by atoms with van der Waals surface area (Å²) in [6.45, 7) is 0.694. The van der Waals surface area contributed by atoms with Gasteiger partial charge in [0.15, 0.2) is 0 Å². The van der Waals surface area contributed by atoms with Gasteiger partial charge in [0.25, 0.3) is 5.91 Å². The molecule has 0 saturated heterocycles. The highest BCUT2D eigenvalue weighted by Crippen LogP contribution is 2.09. The zero-order valence-electron chi connectivity index (χ0n) is 12.9. The van der Waals surface area contributed by atoms with Crippen LogP contribution in [-0.4, -0.2) is 59.3 Å². The second-order valence-electron chi connectivity index (χ2n) is 4.97. The van der Waals surface area contributed by atoms with Crippen molar-refractivity contribution in [2.75, 3.05) is 27.2 Å². The van der Waals surface area contributed by atoms with E-state index in [2.05, 4.69) is 0 Å². The normalized spacial score (nSPS) is 11.6. The third-order valence-electron chi connectivity index (χ3n) is 2.75. The van der Waals surface area contributed by atoms with Crippen molar-refractivity contribution >= 4 is 11.9 Å². The van der Waals surface area contributed by atoms with Gasteiger partial charge in [0.05, 0.1) is 19.2 Å². The van der Waals surface area contributed by atoms with Crippen LogP contribution in [0, 0.1) is 5.82 Å². The summed E-state index contributed by atoms with van der Waals surface area (Å²) >= 11 is 0. The van der Waals surface area contributed by atoms with Crippen LogP contribution in [0.4, 0.5) is 4.39 Å². The molecule has 0 unspecified atom stereocenters. The molecule has 23 heavy (non-hydrogen) atoms. The molecule has 0 heterocycles. The first-order valence-electron chi connectivity index (χ1n) is 6.77. The molecule has 0 aromatic heterocycles. The molecule has 0 aliphatic carbocycles. The van der Waals surface area contributed by atoms with Crippen LogP contribution in [0.5, 0.6) is 0 Å². The molecule has 0 aliphatic rings. The molecule has 0 spiro atoms. The summed E-state index contributed by atoms with van der Waals surface area (Å²) in [5.41, 5.74) is 0.591. The van der Waals surface area contributed by atoms with Gasteiger partial charge < -0.3 is 15.1 Å². The summed E-state index contributed by atoms with van der Waals surface area (Å²) in [5.74, 6) is -3.94. The molecular formula is C15H19FN2O5. The largest absolute Gasteiger partial charge is 0.502 e. The number of aliphatic carboxylic acids is 1. The number of carboxylic acids is 1. The van der Waals surface area contributed by atoms with Gasteiger partial charge in [-0.15, -0.1) is 0 Å². The lowest BCUT2D eigenvalue weighted by atomic mass is 10.2. The predicted molar refractivity (Wildman–Crippen MR) is 79.8 cm³/mol. The fourth-order valence-corrected chi connectivity index (χ4v) is 1.53. The Morgan fingerprint density at radius 1 is 1.22 bits per heavy atom. The Morgan fingerprint density at radius 3 is 2.35 bits per heavy atom. The molecule has 0 fully saturated rings. The Bertz CT molecular complexity index is 572. The highest BCUT2D eigenvalue weighted by Gasteiger charge is 2.16. The van der Waals surface area contributed by atoms with Crippen LogP contribution in [0.25, 0.3) is 0 Å². The van der Waals surface area contributed by atoms with Crippen molar-refractivity contribution in [3.63, 3.8) is 0 Å². The maximum Gasteiger partial charge on any atom is 0.371 e. The number of halogens is 1. The summed E-state index contributed by atoms with van der Waals surface area (Å²) in [6, 6.07) is 5.43. The number of benzene rings is 1. The van der Waals surface area contributed by atoms with E-state index in [9.17, 15) is 14.0 Å². The molecule has 0 aliphatic heterocycles. The molecule has 1 aromatic carbocycles. The lowest BCUT2D eigenvalue weighted by Crippen LogP contribution is -2.32. The van der Waals surface area contributed by atoms with Gasteiger partial charge in [0, 0.05) is 6.54 Å². The van der Waals surface area contributed by atoms with Gasteiger partial charge in [-0.25, -0.2) is 14.2 Å². The maximum absolute atomic E-state index is 12.9. The summed E-state index contributed by atoms with van der Waals surface area (Å²) < 4.78 is 12.9. The van der Waals surface area contributed by atoms with E-state index in [0.717, 1.165) is 5.06 Å². The van der Waals surface area contributed by atoms with Crippen molar-refractivity contribution in [1.82, 2.24) is 9.96 Å². The number of carbonyl (C=O) groups excluding carboxylic acids is 1. The second kappa shape index (κ2) is 8.86. The first-order chi connectivity index (χ1) is 10.8. The molecule has 0 radical (unpaired) electrons. The van der Waals surface area contributed by atoms with E-state index < -0.39 is 23.5 Å². The number of hydroxylamine groups is 2. The van der Waals surface area contributed by atoms with Gasteiger partial charge in [-0.3, -0.25) is 9.63 Å². The highest BCUT2D eigenvalue weighted by atomic mass is 19.1. The topological polar surface area (TPSA) is 90.3 Å². The molecule has 1 aromatic rings. The number of rotatable bonds is 8. The van der Waals surface area contributed by atoms with Crippen LogP contribution >= 0.6 is 0 Å². The van der Waals surface area contributed by atoms with Crippen molar-refractivity contribution in [1.29, 1.82) is 0 Å².